The van der Waals surface area contributed by atoms with Crippen LogP contribution in [0.2, 0.25) is 5.02 Å². The number of carbonyl (C=O) groups excluding carboxylic acids is 3. The number of ketones is 1. The van der Waals surface area contributed by atoms with Crippen molar-refractivity contribution in [2.45, 2.75) is 19.9 Å². The number of carbonyl (C=O) groups is 3. The Morgan fingerprint density at radius 3 is 2.38 bits per heavy atom. The summed E-state index contributed by atoms with van der Waals surface area (Å²) in [5.41, 5.74) is 1.63. The summed E-state index contributed by atoms with van der Waals surface area (Å²) in [4.78, 5) is 49.1. The lowest BCUT2D eigenvalue weighted by atomic mass is 10.1. The van der Waals surface area contributed by atoms with Gasteiger partial charge in [-0.2, -0.15) is 0 Å². The number of nitrogens with zero attached hydrogens (tertiary/aromatic N) is 4. The molecule has 0 saturated carbocycles. The molecular formula is C25H25ClN4O4. The predicted octanol–water partition coefficient (Wildman–Crippen LogP) is 4.04. The molecule has 9 heteroatoms. The number of anilines is 1. The van der Waals surface area contributed by atoms with Crippen molar-refractivity contribution in [1.29, 1.82) is 0 Å². The number of benzene rings is 2. The molecule has 0 unspecified atom stereocenters. The van der Waals surface area contributed by atoms with Gasteiger partial charge in [0.05, 0.1) is 24.6 Å². The van der Waals surface area contributed by atoms with Crippen molar-refractivity contribution in [3.05, 3.63) is 82.9 Å². The standard InChI is InChI=1S/C25H25ClN4O4/c1-4-34-22-10-9-17(13-20(22)26)16-30(19-8-5-7-18(14-19)25(33)29(2)3)23(32)15-21(31)24-27-11-6-12-28-24/h5-14H,4,15-16H2,1-3H3. The molecule has 0 aliphatic carbocycles. The van der Waals surface area contributed by atoms with Crippen LogP contribution in [0.4, 0.5) is 5.69 Å². The summed E-state index contributed by atoms with van der Waals surface area (Å²) in [5.74, 6) is -0.651. The maximum Gasteiger partial charge on any atom is 0.253 e. The topological polar surface area (TPSA) is 92.7 Å². The van der Waals surface area contributed by atoms with Gasteiger partial charge in [0.15, 0.2) is 5.82 Å². The van der Waals surface area contributed by atoms with Gasteiger partial charge in [0.1, 0.15) is 5.75 Å². The maximum absolute atomic E-state index is 13.3. The molecule has 1 aromatic heterocycles. The Labute approximate surface area is 203 Å². The van der Waals surface area contributed by atoms with Crippen LogP contribution < -0.4 is 9.64 Å². The summed E-state index contributed by atoms with van der Waals surface area (Å²) in [5, 5.41) is 0.414. The molecule has 0 fully saturated rings. The molecule has 176 valence electrons. The summed E-state index contributed by atoms with van der Waals surface area (Å²) >= 11 is 6.33. The first kappa shape index (κ1) is 24.9. The van der Waals surface area contributed by atoms with Crippen molar-refractivity contribution in [3.63, 3.8) is 0 Å². The van der Waals surface area contributed by atoms with Gasteiger partial charge in [-0.05, 0) is 48.9 Å². The molecule has 8 nitrogen and oxygen atoms in total. The van der Waals surface area contributed by atoms with Crippen LogP contribution in [0, 0.1) is 0 Å². The monoisotopic (exact) mass is 480 g/mol. The van der Waals surface area contributed by atoms with Gasteiger partial charge < -0.3 is 14.5 Å². The lowest BCUT2D eigenvalue weighted by Gasteiger charge is -2.24. The number of ether oxygens (including phenoxy) is 1. The smallest absolute Gasteiger partial charge is 0.253 e. The van der Waals surface area contributed by atoms with Crippen LogP contribution in [0.25, 0.3) is 0 Å². The first-order chi connectivity index (χ1) is 16.3. The fourth-order valence-electron chi connectivity index (χ4n) is 3.24. The summed E-state index contributed by atoms with van der Waals surface area (Å²) < 4.78 is 5.48. The van der Waals surface area contributed by atoms with Gasteiger partial charge in [-0.3, -0.25) is 14.4 Å². The lowest BCUT2D eigenvalue weighted by Crippen LogP contribution is -2.32. The highest BCUT2D eigenvalue weighted by atomic mass is 35.5. The van der Waals surface area contributed by atoms with Crippen molar-refractivity contribution in [2.24, 2.45) is 0 Å². The number of aromatic nitrogens is 2. The van der Waals surface area contributed by atoms with E-state index in [1.807, 2.05) is 6.92 Å². The zero-order valence-corrected chi connectivity index (χ0v) is 20.0. The molecule has 0 saturated heterocycles. The minimum Gasteiger partial charge on any atom is -0.492 e. The van der Waals surface area contributed by atoms with Gasteiger partial charge in [-0.25, -0.2) is 9.97 Å². The van der Waals surface area contributed by atoms with Gasteiger partial charge in [0.25, 0.3) is 5.91 Å². The molecule has 2 aromatic carbocycles. The third-order valence-corrected chi connectivity index (χ3v) is 5.17. The number of hydrogen-bond donors (Lipinski definition) is 0. The molecule has 0 spiro atoms. The van der Waals surface area contributed by atoms with Gasteiger partial charge >= 0.3 is 0 Å². The summed E-state index contributed by atoms with van der Waals surface area (Å²) in [6.45, 7) is 2.47. The number of Topliss-reactive ketones (excluding diaryl/α,β-unsaturated/α-hetero) is 1. The van der Waals surface area contributed by atoms with E-state index >= 15 is 0 Å². The van der Waals surface area contributed by atoms with E-state index in [1.54, 1.807) is 62.6 Å². The average molecular weight is 481 g/mol. The Hall–Kier alpha value is -3.78. The molecule has 0 aliphatic rings. The summed E-state index contributed by atoms with van der Waals surface area (Å²) in [7, 11) is 3.30. The molecule has 3 aromatic rings. The van der Waals surface area contributed by atoms with Crippen LogP contribution in [-0.4, -0.2) is 53.2 Å². The predicted molar refractivity (Wildman–Crippen MR) is 129 cm³/mol. The Morgan fingerprint density at radius 2 is 1.74 bits per heavy atom. The number of hydrogen-bond acceptors (Lipinski definition) is 6. The van der Waals surface area contributed by atoms with E-state index in [0.29, 0.717) is 28.6 Å². The van der Waals surface area contributed by atoms with E-state index in [1.165, 1.54) is 22.2 Å². The Kier molecular flexibility index (Phi) is 8.32. The molecule has 0 bridgehead atoms. The maximum atomic E-state index is 13.3. The van der Waals surface area contributed by atoms with Gasteiger partial charge in [-0.15, -0.1) is 0 Å². The molecular weight excluding hydrogens is 456 g/mol. The quantitative estimate of drug-likeness (QED) is 0.339. The highest BCUT2D eigenvalue weighted by molar-refractivity contribution is 6.32. The zero-order chi connectivity index (χ0) is 24.7. The second-order valence-electron chi connectivity index (χ2n) is 7.60. The van der Waals surface area contributed by atoms with E-state index < -0.39 is 18.1 Å². The van der Waals surface area contributed by atoms with E-state index in [2.05, 4.69) is 9.97 Å². The van der Waals surface area contributed by atoms with Crippen molar-refractivity contribution in [2.75, 3.05) is 25.6 Å². The molecule has 3 rings (SSSR count). The third-order valence-electron chi connectivity index (χ3n) is 4.88. The minimum absolute atomic E-state index is 0.0311. The zero-order valence-electron chi connectivity index (χ0n) is 19.2. The first-order valence-electron chi connectivity index (χ1n) is 10.6. The van der Waals surface area contributed by atoms with E-state index in [4.69, 9.17) is 16.3 Å². The average Bonchev–Trinajstić information content (AvgIpc) is 2.84. The molecule has 0 aliphatic heterocycles. The van der Waals surface area contributed by atoms with Crippen LogP contribution in [0.3, 0.4) is 0 Å². The van der Waals surface area contributed by atoms with E-state index in [0.717, 1.165) is 5.56 Å². The second-order valence-corrected chi connectivity index (χ2v) is 8.01. The third kappa shape index (κ3) is 6.17. The number of rotatable bonds is 9. The highest BCUT2D eigenvalue weighted by Gasteiger charge is 2.23. The lowest BCUT2D eigenvalue weighted by molar-refractivity contribution is -0.117. The van der Waals surface area contributed by atoms with Crippen LogP contribution in [0.1, 0.15) is 39.9 Å². The van der Waals surface area contributed by atoms with Crippen molar-refractivity contribution in [3.8, 4) is 5.75 Å². The molecule has 2 amide bonds. The second kappa shape index (κ2) is 11.4. The van der Waals surface area contributed by atoms with Crippen LogP contribution in [0.5, 0.6) is 5.75 Å². The highest BCUT2D eigenvalue weighted by Crippen LogP contribution is 2.28. The fourth-order valence-corrected chi connectivity index (χ4v) is 3.50. The van der Waals surface area contributed by atoms with E-state index in [9.17, 15) is 14.4 Å². The SMILES string of the molecule is CCOc1ccc(CN(C(=O)CC(=O)c2ncccn2)c2cccc(C(=O)N(C)C)c2)cc1Cl. The normalized spacial score (nSPS) is 10.5. The summed E-state index contributed by atoms with van der Waals surface area (Å²) in [6, 6.07) is 13.5. The van der Waals surface area contributed by atoms with Crippen LogP contribution in [0.15, 0.2) is 60.9 Å². The van der Waals surface area contributed by atoms with E-state index in [-0.39, 0.29) is 18.3 Å². The Bertz CT molecular complexity index is 1180. The van der Waals surface area contributed by atoms with Gasteiger partial charge in [0.2, 0.25) is 11.7 Å². The minimum atomic E-state index is -0.499. The summed E-state index contributed by atoms with van der Waals surface area (Å²) in [6.07, 6.45) is 2.46. The Morgan fingerprint density at radius 1 is 1.00 bits per heavy atom. The fraction of sp³-hybridized carbons (Fsp3) is 0.240. The largest absolute Gasteiger partial charge is 0.492 e. The van der Waals surface area contributed by atoms with Crippen LogP contribution >= 0.6 is 11.6 Å². The van der Waals surface area contributed by atoms with Crippen molar-refractivity contribution < 1.29 is 19.1 Å². The number of halogens is 1. The number of amides is 2. The van der Waals surface area contributed by atoms with Crippen LogP contribution in [-0.2, 0) is 11.3 Å². The molecule has 0 N–H and O–H groups in total. The Balaban J connectivity index is 1.94. The molecule has 0 radical (unpaired) electrons. The van der Waals surface area contributed by atoms with Crippen molar-refractivity contribution >= 4 is 34.9 Å². The molecule has 34 heavy (non-hydrogen) atoms. The first-order valence-corrected chi connectivity index (χ1v) is 11.0. The van der Waals surface area contributed by atoms with Gasteiger partial charge in [0, 0.05) is 37.7 Å². The molecule has 1 heterocycles. The van der Waals surface area contributed by atoms with Gasteiger partial charge in [-0.1, -0.05) is 23.7 Å². The molecule has 0 atom stereocenters. The van der Waals surface area contributed by atoms with Crippen molar-refractivity contribution in [1.82, 2.24) is 14.9 Å².